The first-order valence-electron chi connectivity index (χ1n) is 6.36. The van der Waals surface area contributed by atoms with Gasteiger partial charge >= 0.3 is 0 Å². The molecule has 1 aromatic rings. The van der Waals surface area contributed by atoms with Crippen LogP contribution in [-0.4, -0.2) is 44.3 Å². The molecule has 0 spiro atoms. The van der Waals surface area contributed by atoms with Gasteiger partial charge in [0.15, 0.2) is 0 Å². The summed E-state index contributed by atoms with van der Waals surface area (Å²) < 4.78 is 5.71. The summed E-state index contributed by atoms with van der Waals surface area (Å²) in [5.41, 5.74) is 0. The molecule has 3 nitrogen and oxygen atoms in total. The molecule has 1 aliphatic rings. The predicted octanol–water partition coefficient (Wildman–Crippen LogP) is 1.73. The number of ether oxygens (including phenoxy) is 1. The lowest BCUT2D eigenvalue weighted by Gasteiger charge is -2.30. The summed E-state index contributed by atoms with van der Waals surface area (Å²) in [7, 11) is 2.16. The molecule has 0 bridgehead atoms. The van der Waals surface area contributed by atoms with Crippen molar-refractivity contribution in [2.75, 3.05) is 33.3 Å². The molecule has 0 amide bonds. The number of aryl methyl sites for hydroxylation is 1. The van der Waals surface area contributed by atoms with Crippen LogP contribution in [0, 0.1) is 0 Å². The highest BCUT2D eigenvalue weighted by atomic mass is 32.1. The Balaban J connectivity index is 1.68. The van der Waals surface area contributed by atoms with Crippen LogP contribution < -0.4 is 5.32 Å². The quantitative estimate of drug-likeness (QED) is 0.866. The van der Waals surface area contributed by atoms with Crippen LogP contribution in [0.4, 0.5) is 0 Å². The second-order valence-electron chi connectivity index (χ2n) is 4.61. The fraction of sp³-hybridized carbons (Fsp3) is 0.692. The summed E-state index contributed by atoms with van der Waals surface area (Å²) in [6.45, 7) is 7.08. The molecule has 1 aliphatic heterocycles. The van der Waals surface area contributed by atoms with Gasteiger partial charge < -0.3 is 15.0 Å². The Morgan fingerprint density at radius 2 is 2.29 bits per heavy atom. The first-order valence-corrected chi connectivity index (χ1v) is 7.18. The molecule has 1 unspecified atom stereocenters. The number of morpholine rings is 1. The number of rotatable bonds is 5. The van der Waals surface area contributed by atoms with Crippen molar-refractivity contribution in [2.24, 2.45) is 0 Å². The van der Waals surface area contributed by atoms with Gasteiger partial charge in [-0.1, -0.05) is 6.92 Å². The lowest BCUT2D eigenvalue weighted by molar-refractivity contribution is -0.0181. The highest BCUT2D eigenvalue weighted by Gasteiger charge is 2.16. The molecular weight excluding hydrogens is 232 g/mol. The van der Waals surface area contributed by atoms with E-state index in [-0.39, 0.29) is 0 Å². The van der Waals surface area contributed by atoms with Crippen molar-refractivity contribution in [1.29, 1.82) is 0 Å². The highest BCUT2D eigenvalue weighted by Crippen LogP contribution is 2.16. The van der Waals surface area contributed by atoms with Crippen LogP contribution in [0.2, 0.25) is 0 Å². The maximum atomic E-state index is 5.71. The molecule has 1 fully saturated rings. The number of nitrogens with one attached hydrogen (secondary N) is 1. The van der Waals surface area contributed by atoms with Gasteiger partial charge in [-0.25, -0.2) is 0 Å². The van der Waals surface area contributed by atoms with E-state index in [1.807, 2.05) is 11.3 Å². The van der Waals surface area contributed by atoms with E-state index in [4.69, 9.17) is 4.74 Å². The first kappa shape index (κ1) is 13.0. The van der Waals surface area contributed by atoms with E-state index in [2.05, 4.69) is 36.3 Å². The van der Waals surface area contributed by atoms with Crippen LogP contribution in [0.1, 0.15) is 16.7 Å². The summed E-state index contributed by atoms with van der Waals surface area (Å²) in [5.74, 6) is 0. The Bertz CT molecular complexity index is 340. The molecule has 17 heavy (non-hydrogen) atoms. The van der Waals surface area contributed by atoms with Gasteiger partial charge in [0, 0.05) is 35.9 Å². The fourth-order valence-electron chi connectivity index (χ4n) is 2.05. The molecule has 1 aromatic heterocycles. The van der Waals surface area contributed by atoms with E-state index in [0.717, 1.165) is 39.2 Å². The zero-order chi connectivity index (χ0) is 12.1. The Kier molecular flexibility index (Phi) is 4.98. The Hall–Kier alpha value is -0.420. The van der Waals surface area contributed by atoms with Crippen molar-refractivity contribution in [3.05, 3.63) is 21.9 Å². The van der Waals surface area contributed by atoms with Gasteiger partial charge in [-0.05, 0) is 25.6 Å². The van der Waals surface area contributed by atoms with Crippen LogP contribution in [0.5, 0.6) is 0 Å². The Morgan fingerprint density at radius 3 is 3.00 bits per heavy atom. The molecule has 0 aliphatic carbocycles. The largest absolute Gasteiger partial charge is 0.374 e. The van der Waals surface area contributed by atoms with Crippen molar-refractivity contribution in [3.8, 4) is 0 Å². The summed E-state index contributed by atoms with van der Waals surface area (Å²) in [5, 5.41) is 3.49. The van der Waals surface area contributed by atoms with Crippen molar-refractivity contribution in [3.63, 3.8) is 0 Å². The summed E-state index contributed by atoms with van der Waals surface area (Å²) >= 11 is 1.91. The van der Waals surface area contributed by atoms with Gasteiger partial charge in [0.1, 0.15) is 0 Å². The minimum atomic E-state index is 0.347. The topological polar surface area (TPSA) is 24.5 Å². The Labute approximate surface area is 108 Å². The monoisotopic (exact) mass is 254 g/mol. The predicted molar refractivity (Wildman–Crippen MR) is 72.6 cm³/mol. The summed E-state index contributed by atoms with van der Waals surface area (Å²) in [4.78, 5) is 5.22. The van der Waals surface area contributed by atoms with Crippen molar-refractivity contribution >= 4 is 11.3 Å². The average molecular weight is 254 g/mol. The van der Waals surface area contributed by atoms with Crippen LogP contribution in [0.25, 0.3) is 0 Å². The molecule has 2 heterocycles. The van der Waals surface area contributed by atoms with Crippen molar-refractivity contribution in [1.82, 2.24) is 10.2 Å². The number of nitrogens with zero attached hydrogens (tertiary/aromatic N) is 1. The third-order valence-corrected chi connectivity index (χ3v) is 4.31. The minimum Gasteiger partial charge on any atom is -0.374 e. The van der Waals surface area contributed by atoms with E-state index < -0.39 is 0 Å². The molecule has 1 saturated heterocycles. The van der Waals surface area contributed by atoms with Crippen LogP contribution in [-0.2, 0) is 17.7 Å². The zero-order valence-corrected chi connectivity index (χ0v) is 11.6. The van der Waals surface area contributed by atoms with Gasteiger partial charge in [0.2, 0.25) is 0 Å². The molecule has 1 atom stereocenters. The van der Waals surface area contributed by atoms with Gasteiger partial charge in [0.05, 0.1) is 12.7 Å². The zero-order valence-electron chi connectivity index (χ0n) is 10.7. The van der Waals surface area contributed by atoms with Crippen molar-refractivity contribution < 1.29 is 4.74 Å². The van der Waals surface area contributed by atoms with E-state index >= 15 is 0 Å². The van der Waals surface area contributed by atoms with E-state index in [1.165, 1.54) is 9.75 Å². The molecule has 0 aromatic carbocycles. The molecule has 0 saturated carbocycles. The maximum Gasteiger partial charge on any atom is 0.0826 e. The minimum absolute atomic E-state index is 0.347. The molecule has 96 valence electrons. The third-order valence-electron chi connectivity index (χ3n) is 3.08. The van der Waals surface area contributed by atoms with Crippen LogP contribution in [0.3, 0.4) is 0 Å². The van der Waals surface area contributed by atoms with E-state index in [1.54, 1.807) is 0 Å². The normalized spacial score (nSPS) is 21.9. The van der Waals surface area contributed by atoms with Gasteiger partial charge in [-0.3, -0.25) is 0 Å². The highest BCUT2D eigenvalue weighted by molar-refractivity contribution is 7.11. The third kappa shape index (κ3) is 4.07. The van der Waals surface area contributed by atoms with Crippen LogP contribution in [0.15, 0.2) is 12.1 Å². The number of hydrogen-bond acceptors (Lipinski definition) is 4. The van der Waals surface area contributed by atoms with Crippen molar-refractivity contribution in [2.45, 2.75) is 26.0 Å². The Morgan fingerprint density at radius 1 is 1.47 bits per heavy atom. The van der Waals surface area contributed by atoms with Gasteiger partial charge in [0.25, 0.3) is 0 Å². The maximum absolute atomic E-state index is 5.71. The molecule has 4 heteroatoms. The number of thiophene rings is 1. The van der Waals surface area contributed by atoms with E-state index in [9.17, 15) is 0 Å². The van der Waals surface area contributed by atoms with Crippen LogP contribution >= 0.6 is 11.3 Å². The average Bonchev–Trinajstić information content (AvgIpc) is 2.77. The second-order valence-corrected chi connectivity index (χ2v) is 5.86. The second kappa shape index (κ2) is 6.50. The smallest absolute Gasteiger partial charge is 0.0826 e. The van der Waals surface area contributed by atoms with E-state index in [0.29, 0.717) is 6.10 Å². The lowest BCUT2D eigenvalue weighted by atomic mass is 10.3. The number of hydrogen-bond donors (Lipinski definition) is 1. The lowest BCUT2D eigenvalue weighted by Crippen LogP contribution is -2.44. The van der Waals surface area contributed by atoms with Gasteiger partial charge in [-0.2, -0.15) is 0 Å². The SMILES string of the molecule is CCc1ccc(CNCC2CN(C)CCO2)s1. The summed E-state index contributed by atoms with van der Waals surface area (Å²) in [6.07, 6.45) is 1.49. The summed E-state index contributed by atoms with van der Waals surface area (Å²) in [6, 6.07) is 4.46. The van der Waals surface area contributed by atoms with Gasteiger partial charge in [-0.15, -0.1) is 11.3 Å². The first-order chi connectivity index (χ1) is 8.28. The molecule has 0 radical (unpaired) electrons. The standard InChI is InChI=1S/C13H22N2OS/c1-3-12-4-5-13(17-12)9-14-8-11-10-15(2)6-7-16-11/h4-5,11,14H,3,6-10H2,1-2H3. The molecule has 2 rings (SSSR count). The fourth-order valence-corrected chi connectivity index (χ4v) is 2.98. The number of likely N-dealkylation sites (N-methyl/N-ethyl adjacent to an activating group) is 1. The molecular formula is C13H22N2OS. The molecule has 1 N–H and O–H groups in total.